The fraction of sp³-hybridized carbons (Fsp3) is 0.655. The molecule has 1 aliphatic carbocycles. The van der Waals surface area contributed by atoms with Gasteiger partial charge in [-0.1, -0.05) is 5.16 Å². The van der Waals surface area contributed by atoms with E-state index in [-0.39, 0.29) is 30.1 Å². The predicted molar refractivity (Wildman–Crippen MR) is 157 cm³/mol. The topological polar surface area (TPSA) is 128 Å². The van der Waals surface area contributed by atoms with Crippen LogP contribution in [0.15, 0.2) is 17.5 Å². The number of nitrogens with zero attached hydrogens (tertiary/aromatic N) is 8. The number of fused-ring (bicyclic) bond motifs is 1. The van der Waals surface area contributed by atoms with Crippen LogP contribution < -0.4 is 5.32 Å². The van der Waals surface area contributed by atoms with Gasteiger partial charge in [0, 0.05) is 89.5 Å². The number of aromatic nitrogens is 3. The summed E-state index contributed by atoms with van der Waals surface area (Å²) in [6.07, 6.45) is 6.12. The predicted octanol–water partition coefficient (Wildman–Crippen LogP) is 0.786. The normalized spacial score (nSPS) is 22.4. The van der Waals surface area contributed by atoms with Crippen LogP contribution in [0.1, 0.15) is 44.6 Å². The summed E-state index contributed by atoms with van der Waals surface area (Å²) in [6, 6.07) is 0.101. The number of hydrogen-bond acceptors (Lipinski definition) is 10. The summed E-state index contributed by atoms with van der Waals surface area (Å²) in [7, 11) is 4.06. The number of amides is 2. The van der Waals surface area contributed by atoms with Crippen molar-refractivity contribution in [2.45, 2.75) is 57.2 Å². The average Bonchev–Trinajstić information content (AvgIpc) is 3.64. The maximum Gasteiger partial charge on any atom is 0.297 e. The molecule has 2 saturated heterocycles. The summed E-state index contributed by atoms with van der Waals surface area (Å²) >= 11 is 0. The largest absolute Gasteiger partial charge is 0.381 e. The van der Waals surface area contributed by atoms with Crippen LogP contribution in [0.3, 0.4) is 0 Å². The molecule has 3 fully saturated rings. The van der Waals surface area contributed by atoms with Crippen LogP contribution in [0.4, 0.5) is 5.69 Å². The van der Waals surface area contributed by atoms with Gasteiger partial charge in [-0.15, -0.1) is 0 Å². The Balaban J connectivity index is 1.35. The van der Waals surface area contributed by atoms with Gasteiger partial charge in [-0.3, -0.25) is 14.4 Å². The first-order chi connectivity index (χ1) is 20.3. The van der Waals surface area contributed by atoms with E-state index >= 15 is 0 Å². The van der Waals surface area contributed by atoms with E-state index in [4.69, 9.17) is 9.82 Å². The second-order valence-electron chi connectivity index (χ2n) is 12.0. The van der Waals surface area contributed by atoms with Gasteiger partial charge in [0.2, 0.25) is 0 Å². The molecule has 1 saturated carbocycles. The number of rotatable bonds is 6. The molecule has 2 aromatic rings. The van der Waals surface area contributed by atoms with Gasteiger partial charge < -0.3 is 29.8 Å². The standard InChI is InChI=1S/C29H41N9O4/c1-4-38-26-23(19-31-38)25(32-20-5-7-21(39)8-6-20)22(18-30-26)24-17-29(42-33-24,27(40)36-13-9-34(2)10-14-36)28(41)37-15-11-35(3)12-16-37/h18-20H,4-17H2,1-3H3,(H,30,32). The number of ketones is 1. The molecule has 0 spiro atoms. The summed E-state index contributed by atoms with van der Waals surface area (Å²) in [6.45, 7) is 7.74. The Kier molecular flexibility index (Phi) is 7.88. The Morgan fingerprint density at radius 3 is 2.12 bits per heavy atom. The third kappa shape index (κ3) is 5.24. The lowest BCUT2D eigenvalue weighted by Crippen LogP contribution is -2.63. The van der Waals surface area contributed by atoms with Crippen molar-refractivity contribution in [1.82, 2.24) is 34.4 Å². The third-order valence-electron chi connectivity index (χ3n) is 9.17. The maximum atomic E-state index is 14.2. The molecule has 2 amide bonds. The van der Waals surface area contributed by atoms with Crippen molar-refractivity contribution in [3.63, 3.8) is 0 Å². The van der Waals surface area contributed by atoms with E-state index in [1.807, 2.05) is 25.7 Å². The fourth-order valence-corrected chi connectivity index (χ4v) is 6.35. The highest BCUT2D eigenvalue weighted by Crippen LogP contribution is 2.37. The van der Waals surface area contributed by atoms with Gasteiger partial charge in [0.1, 0.15) is 5.78 Å². The number of pyridine rings is 1. The molecule has 4 aliphatic rings. The minimum absolute atomic E-state index is 0.0241. The van der Waals surface area contributed by atoms with E-state index < -0.39 is 5.60 Å². The minimum Gasteiger partial charge on any atom is -0.381 e. The third-order valence-corrected chi connectivity index (χ3v) is 9.17. The number of Topliss-reactive ketones (excluding diaryl/α,β-unsaturated/α-hetero) is 1. The summed E-state index contributed by atoms with van der Waals surface area (Å²) in [4.78, 5) is 59.0. The molecule has 2 aromatic heterocycles. The van der Waals surface area contributed by atoms with Gasteiger partial charge in [-0.05, 0) is 33.9 Å². The number of likely N-dealkylation sites (N-methyl/N-ethyl adjacent to an activating group) is 2. The molecule has 226 valence electrons. The second-order valence-corrected chi connectivity index (χ2v) is 12.0. The molecule has 42 heavy (non-hydrogen) atoms. The molecule has 13 nitrogen and oxygen atoms in total. The van der Waals surface area contributed by atoms with Crippen LogP contribution in [0.25, 0.3) is 11.0 Å². The van der Waals surface area contributed by atoms with Crippen LogP contribution in [-0.4, -0.2) is 136 Å². The molecule has 0 bridgehead atoms. The zero-order chi connectivity index (χ0) is 29.4. The van der Waals surface area contributed by atoms with Crippen molar-refractivity contribution in [3.05, 3.63) is 18.0 Å². The van der Waals surface area contributed by atoms with Crippen molar-refractivity contribution in [1.29, 1.82) is 0 Å². The monoisotopic (exact) mass is 579 g/mol. The molecular weight excluding hydrogens is 538 g/mol. The minimum atomic E-state index is -1.75. The molecular formula is C29H41N9O4. The molecule has 0 unspecified atom stereocenters. The quantitative estimate of drug-likeness (QED) is 0.494. The number of anilines is 1. The molecule has 0 radical (unpaired) electrons. The van der Waals surface area contributed by atoms with Gasteiger partial charge in [-0.25, -0.2) is 9.67 Å². The van der Waals surface area contributed by atoms with Crippen LogP contribution in [0, 0.1) is 0 Å². The number of piperazine rings is 2. The van der Waals surface area contributed by atoms with E-state index in [0.29, 0.717) is 56.8 Å². The molecule has 13 heteroatoms. The Labute approximate surface area is 245 Å². The maximum absolute atomic E-state index is 14.2. The summed E-state index contributed by atoms with van der Waals surface area (Å²) in [5, 5.41) is 13.5. The Bertz CT molecular complexity index is 1340. The average molecular weight is 580 g/mol. The van der Waals surface area contributed by atoms with Gasteiger partial charge in [-0.2, -0.15) is 5.10 Å². The van der Waals surface area contributed by atoms with Crippen molar-refractivity contribution in [3.8, 4) is 0 Å². The van der Waals surface area contributed by atoms with E-state index in [0.717, 1.165) is 55.7 Å². The number of aryl methyl sites for hydroxylation is 1. The Morgan fingerprint density at radius 1 is 0.952 bits per heavy atom. The molecule has 0 aromatic carbocycles. The van der Waals surface area contributed by atoms with Crippen LogP contribution in [0.5, 0.6) is 0 Å². The van der Waals surface area contributed by atoms with Crippen LogP contribution >= 0.6 is 0 Å². The van der Waals surface area contributed by atoms with Gasteiger partial charge in [0.25, 0.3) is 17.4 Å². The molecule has 1 N–H and O–H groups in total. The zero-order valence-electron chi connectivity index (χ0n) is 24.8. The highest BCUT2D eigenvalue weighted by molar-refractivity contribution is 6.18. The van der Waals surface area contributed by atoms with Gasteiger partial charge >= 0.3 is 0 Å². The highest BCUT2D eigenvalue weighted by Gasteiger charge is 2.57. The molecule has 6 rings (SSSR count). The van der Waals surface area contributed by atoms with Crippen LogP contribution in [-0.2, 0) is 25.8 Å². The Hall–Kier alpha value is -3.58. The zero-order valence-corrected chi connectivity index (χ0v) is 24.8. The lowest BCUT2D eigenvalue weighted by atomic mass is 9.89. The first-order valence-electron chi connectivity index (χ1n) is 15.1. The van der Waals surface area contributed by atoms with Crippen molar-refractivity contribution in [2.75, 3.05) is 71.8 Å². The second kappa shape index (κ2) is 11.6. The first kappa shape index (κ1) is 28.5. The van der Waals surface area contributed by atoms with E-state index in [2.05, 4.69) is 25.4 Å². The van der Waals surface area contributed by atoms with Crippen molar-refractivity contribution < 1.29 is 19.2 Å². The van der Waals surface area contributed by atoms with E-state index in [1.165, 1.54) is 0 Å². The highest BCUT2D eigenvalue weighted by atomic mass is 16.7. The summed E-state index contributed by atoms with van der Waals surface area (Å²) < 4.78 is 1.83. The number of carbonyl (C=O) groups is 3. The van der Waals surface area contributed by atoms with Gasteiger partial charge in [0.15, 0.2) is 5.65 Å². The lowest BCUT2D eigenvalue weighted by Gasteiger charge is -2.40. The van der Waals surface area contributed by atoms with Gasteiger partial charge in [0.05, 0.1) is 29.4 Å². The Morgan fingerprint density at radius 2 is 1.55 bits per heavy atom. The first-order valence-corrected chi connectivity index (χ1v) is 15.1. The SMILES string of the molecule is CCn1ncc2c(NC3CCC(=O)CC3)c(C3=NOC(C(=O)N4CCN(C)CC4)(C(=O)N4CCN(C)CC4)C3)cnc21. The number of oxime groups is 1. The fourth-order valence-electron chi connectivity index (χ4n) is 6.35. The number of hydrogen-bond donors (Lipinski definition) is 1. The smallest absolute Gasteiger partial charge is 0.297 e. The summed E-state index contributed by atoms with van der Waals surface area (Å²) in [5.74, 6) is -0.368. The number of carbonyl (C=O) groups excluding carboxylic acids is 3. The van der Waals surface area contributed by atoms with E-state index in [1.54, 1.807) is 22.2 Å². The summed E-state index contributed by atoms with van der Waals surface area (Å²) in [5.41, 5.74) is 0.986. The van der Waals surface area contributed by atoms with Crippen molar-refractivity contribution in [2.24, 2.45) is 5.16 Å². The van der Waals surface area contributed by atoms with Crippen LogP contribution in [0.2, 0.25) is 0 Å². The molecule has 0 atom stereocenters. The van der Waals surface area contributed by atoms with E-state index in [9.17, 15) is 14.4 Å². The molecule has 5 heterocycles. The number of nitrogens with one attached hydrogen (secondary N) is 1. The lowest BCUT2D eigenvalue weighted by molar-refractivity contribution is -0.173. The molecule has 3 aliphatic heterocycles. The van der Waals surface area contributed by atoms with Crippen molar-refractivity contribution >= 4 is 40.0 Å².